The van der Waals surface area contributed by atoms with Gasteiger partial charge >= 0.3 is 0 Å². The highest BCUT2D eigenvalue weighted by molar-refractivity contribution is 7.10. The number of aromatic nitrogens is 5. The van der Waals surface area contributed by atoms with E-state index < -0.39 is 0 Å². The molecule has 2 aromatic heterocycles. The van der Waals surface area contributed by atoms with E-state index in [1.165, 1.54) is 55.3 Å². The molecule has 8 heteroatoms. The molecule has 0 spiro atoms. The molecular formula is C15H21ClN6S. The van der Waals surface area contributed by atoms with E-state index >= 15 is 0 Å². The van der Waals surface area contributed by atoms with Crippen LogP contribution in [0.1, 0.15) is 55.4 Å². The lowest BCUT2D eigenvalue weighted by molar-refractivity contribution is 0.192. The summed E-state index contributed by atoms with van der Waals surface area (Å²) in [5.41, 5.74) is 0.900. The minimum absolute atomic E-state index is 0.466. The van der Waals surface area contributed by atoms with Crippen molar-refractivity contribution < 1.29 is 0 Å². The summed E-state index contributed by atoms with van der Waals surface area (Å²) in [5.74, 6) is 2.84. The Labute approximate surface area is 145 Å². The van der Waals surface area contributed by atoms with Crippen molar-refractivity contribution in [3.05, 3.63) is 21.7 Å². The Morgan fingerprint density at radius 2 is 2.04 bits per heavy atom. The molecule has 124 valence electrons. The minimum Gasteiger partial charge on any atom is -0.315 e. The smallest absolute Gasteiger partial charge is 0.138 e. The zero-order chi connectivity index (χ0) is 15.6. The second-order valence-corrected chi connectivity index (χ2v) is 7.86. The molecule has 2 aliphatic heterocycles. The average molecular weight is 353 g/mol. The first-order valence-corrected chi connectivity index (χ1v) is 9.57. The van der Waals surface area contributed by atoms with Gasteiger partial charge in [0.15, 0.2) is 0 Å². The largest absolute Gasteiger partial charge is 0.315 e. The van der Waals surface area contributed by atoms with Crippen molar-refractivity contribution in [2.24, 2.45) is 0 Å². The Hall–Kier alpha value is -1.05. The van der Waals surface area contributed by atoms with Crippen molar-refractivity contribution in [2.75, 3.05) is 13.1 Å². The molecule has 0 saturated carbocycles. The number of piperidine rings is 1. The molecule has 2 aromatic rings. The molecule has 0 radical (unpaired) electrons. The highest BCUT2D eigenvalue weighted by Gasteiger charge is 2.28. The maximum absolute atomic E-state index is 6.15. The van der Waals surface area contributed by atoms with Crippen LogP contribution in [0.2, 0.25) is 4.34 Å². The highest BCUT2D eigenvalue weighted by Crippen LogP contribution is 2.29. The van der Waals surface area contributed by atoms with Crippen molar-refractivity contribution in [1.82, 2.24) is 29.3 Å². The number of halogens is 1. The molecule has 1 fully saturated rings. The molecule has 1 saturated heterocycles. The molecule has 0 aromatic carbocycles. The van der Waals surface area contributed by atoms with Crippen molar-refractivity contribution >= 4 is 23.1 Å². The molecule has 1 atom stereocenters. The third-order valence-corrected chi connectivity index (χ3v) is 5.88. The molecule has 6 nitrogen and oxygen atoms in total. The summed E-state index contributed by atoms with van der Waals surface area (Å²) in [6.45, 7) is 3.96. The Kier molecular flexibility index (Phi) is 4.59. The van der Waals surface area contributed by atoms with Gasteiger partial charge in [0.2, 0.25) is 0 Å². The second kappa shape index (κ2) is 6.83. The van der Waals surface area contributed by atoms with E-state index in [9.17, 15) is 0 Å². The molecular weight excluding hydrogens is 332 g/mol. The molecule has 2 aliphatic rings. The van der Waals surface area contributed by atoms with Gasteiger partial charge in [-0.3, -0.25) is 4.90 Å². The van der Waals surface area contributed by atoms with Crippen LogP contribution in [0.15, 0.2) is 0 Å². The lowest BCUT2D eigenvalue weighted by Crippen LogP contribution is -2.35. The minimum atomic E-state index is 0.466. The fourth-order valence-corrected chi connectivity index (χ4v) is 4.33. The fraction of sp³-hybridized carbons (Fsp3) is 0.733. The monoisotopic (exact) mass is 352 g/mol. The van der Waals surface area contributed by atoms with Crippen LogP contribution in [0.5, 0.6) is 0 Å². The van der Waals surface area contributed by atoms with E-state index in [-0.39, 0.29) is 0 Å². The predicted octanol–water partition coefficient (Wildman–Crippen LogP) is 2.89. The van der Waals surface area contributed by atoms with Crippen LogP contribution in [0.3, 0.4) is 0 Å². The molecule has 0 bridgehead atoms. The molecule has 1 unspecified atom stereocenters. The number of nitrogens with zero attached hydrogens (tertiary/aromatic N) is 6. The summed E-state index contributed by atoms with van der Waals surface area (Å²) in [7, 11) is 0. The Balaban J connectivity index is 1.49. The first-order chi connectivity index (χ1) is 11.3. The summed E-state index contributed by atoms with van der Waals surface area (Å²) in [6.07, 6.45) is 7.23. The Bertz CT molecular complexity index is 669. The van der Waals surface area contributed by atoms with E-state index in [0.29, 0.717) is 10.3 Å². The standard InChI is InChI=1S/C15H21ClN6S/c16-14-12(17-20-23-14)10-21-7-4-5-11(9-21)15-19-18-13-6-2-1-3-8-22(13)15/h11H,1-10H2. The normalized spacial score (nSPS) is 22.7. The number of rotatable bonds is 3. The third-order valence-electron chi connectivity index (χ3n) is 4.89. The summed E-state index contributed by atoms with van der Waals surface area (Å²) in [4.78, 5) is 2.43. The van der Waals surface area contributed by atoms with Gasteiger partial charge in [-0.25, -0.2) is 0 Å². The third kappa shape index (κ3) is 3.27. The number of aryl methyl sites for hydroxylation is 1. The summed E-state index contributed by atoms with van der Waals surface area (Å²) >= 11 is 7.41. The summed E-state index contributed by atoms with van der Waals surface area (Å²) < 4.78 is 7.03. The lowest BCUT2D eigenvalue weighted by Gasteiger charge is -2.31. The van der Waals surface area contributed by atoms with Gasteiger partial charge in [-0.05, 0) is 32.2 Å². The molecule has 4 rings (SSSR count). The number of hydrogen-bond acceptors (Lipinski definition) is 6. The van der Waals surface area contributed by atoms with Gasteiger partial charge in [-0.15, -0.1) is 15.3 Å². The van der Waals surface area contributed by atoms with Crippen molar-refractivity contribution in [2.45, 2.75) is 57.5 Å². The van der Waals surface area contributed by atoms with Crippen LogP contribution >= 0.6 is 23.1 Å². The average Bonchev–Trinajstić information content (AvgIpc) is 3.07. The lowest BCUT2D eigenvalue weighted by atomic mass is 9.97. The fourth-order valence-electron chi connectivity index (χ4n) is 3.72. The number of likely N-dealkylation sites (tertiary alicyclic amines) is 1. The van der Waals surface area contributed by atoms with E-state index in [4.69, 9.17) is 11.6 Å². The zero-order valence-corrected chi connectivity index (χ0v) is 14.7. The van der Waals surface area contributed by atoms with Crippen molar-refractivity contribution in [3.8, 4) is 0 Å². The van der Waals surface area contributed by atoms with Crippen LogP contribution in [0, 0.1) is 0 Å². The number of hydrogen-bond donors (Lipinski definition) is 0. The van der Waals surface area contributed by atoms with Crippen LogP contribution in [0.25, 0.3) is 0 Å². The molecule has 0 N–H and O–H groups in total. The maximum Gasteiger partial charge on any atom is 0.138 e. The maximum atomic E-state index is 6.15. The van der Waals surface area contributed by atoms with Gasteiger partial charge in [-0.1, -0.05) is 22.5 Å². The molecule has 4 heterocycles. The van der Waals surface area contributed by atoms with Crippen LogP contribution < -0.4 is 0 Å². The van der Waals surface area contributed by atoms with Gasteiger partial charge in [-0.2, -0.15) is 0 Å². The van der Waals surface area contributed by atoms with E-state index in [2.05, 4.69) is 29.3 Å². The van der Waals surface area contributed by atoms with Gasteiger partial charge < -0.3 is 4.57 Å². The van der Waals surface area contributed by atoms with Crippen LogP contribution in [0.4, 0.5) is 0 Å². The molecule has 0 amide bonds. The topological polar surface area (TPSA) is 59.7 Å². The SMILES string of the molecule is Clc1snnc1CN1CCCC(c2nnc3n2CCCCC3)C1. The quantitative estimate of drug-likeness (QED) is 0.850. The highest BCUT2D eigenvalue weighted by atomic mass is 35.5. The van der Waals surface area contributed by atoms with Gasteiger partial charge in [0.1, 0.15) is 21.7 Å². The van der Waals surface area contributed by atoms with Gasteiger partial charge in [0.05, 0.1) is 0 Å². The Morgan fingerprint density at radius 3 is 2.91 bits per heavy atom. The van der Waals surface area contributed by atoms with E-state index in [0.717, 1.165) is 38.3 Å². The van der Waals surface area contributed by atoms with Crippen LogP contribution in [-0.4, -0.2) is 42.3 Å². The predicted molar refractivity (Wildman–Crippen MR) is 89.7 cm³/mol. The van der Waals surface area contributed by atoms with Crippen molar-refractivity contribution in [3.63, 3.8) is 0 Å². The van der Waals surface area contributed by atoms with E-state index in [1.807, 2.05) is 0 Å². The van der Waals surface area contributed by atoms with Crippen LogP contribution in [-0.2, 0) is 19.5 Å². The molecule has 23 heavy (non-hydrogen) atoms. The Morgan fingerprint density at radius 1 is 1.09 bits per heavy atom. The van der Waals surface area contributed by atoms with E-state index in [1.54, 1.807) is 0 Å². The van der Waals surface area contributed by atoms with Crippen molar-refractivity contribution in [1.29, 1.82) is 0 Å². The summed E-state index contributed by atoms with van der Waals surface area (Å²) in [6, 6.07) is 0. The second-order valence-electron chi connectivity index (χ2n) is 6.50. The first kappa shape index (κ1) is 15.5. The summed E-state index contributed by atoms with van der Waals surface area (Å²) in [5, 5.41) is 13.1. The molecule has 0 aliphatic carbocycles. The first-order valence-electron chi connectivity index (χ1n) is 8.42. The number of fused-ring (bicyclic) bond motifs is 1. The zero-order valence-electron chi connectivity index (χ0n) is 13.1. The van der Waals surface area contributed by atoms with Gasteiger partial charge in [0.25, 0.3) is 0 Å². The van der Waals surface area contributed by atoms with Gasteiger partial charge in [0, 0.05) is 43.5 Å².